The van der Waals surface area contributed by atoms with Crippen LogP contribution in [-0.2, 0) is 11.3 Å². The number of nitrogens with one attached hydrogen (secondary N) is 2. The maximum absolute atomic E-state index is 5.92. The topological polar surface area (TPSA) is 71.3 Å². The molecule has 28 heavy (non-hydrogen) atoms. The fourth-order valence-electron chi connectivity index (χ4n) is 3.27. The summed E-state index contributed by atoms with van der Waals surface area (Å²) in [5.41, 5.74) is 1.16. The van der Waals surface area contributed by atoms with Crippen LogP contribution in [0.2, 0.25) is 0 Å². The summed E-state index contributed by atoms with van der Waals surface area (Å²) in [6, 6.07) is 12.2. The summed E-state index contributed by atoms with van der Waals surface area (Å²) in [5, 5.41) is 6.80. The van der Waals surface area contributed by atoms with E-state index >= 15 is 0 Å². The first-order valence-electron chi connectivity index (χ1n) is 9.65. The van der Waals surface area contributed by atoms with E-state index in [-0.39, 0.29) is 6.04 Å². The number of methoxy groups -OCH3 is 1. The zero-order valence-corrected chi connectivity index (χ0v) is 16.9. The van der Waals surface area contributed by atoms with Crippen molar-refractivity contribution in [3.05, 3.63) is 53.5 Å². The van der Waals surface area contributed by atoms with Gasteiger partial charge < -0.3 is 24.5 Å². The molecular formula is C21H30N4O3. The molecule has 0 radical (unpaired) electrons. The van der Waals surface area contributed by atoms with Gasteiger partial charge in [-0.25, -0.2) is 0 Å². The first-order valence-corrected chi connectivity index (χ1v) is 9.65. The minimum atomic E-state index is 0.136. The molecule has 0 saturated carbocycles. The summed E-state index contributed by atoms with van der Waals surface area (Å²) in [6.07, 6.45) is 0. The number of hydrogen-bond donors (Lipinski definition) is 2. The molecule has 3 rings (SSSR count). The predicted octanol–water partition coefficient (Wildman–Crippen LogP) is 2.34. The molecule has 7 heteroatoms. The Morgan fingerprint density at radius 2 is 1.89 bits per heavy atom. The number of nitrogens with zero attached hydrogens (tertiary/aromatic N) is 2. The van der Waals surface area contributed by atoms with E-state index in [2.05, 4.69) is 26.6 Å². The smallest absolute Gasteiger partial charge is 0.191 e. The Balaban J connectivity index is 1.58. The van der Waals surface area contributed by atoms with Crippen molar-refractivity contribution in [2.24, 2.45) is 4.99 Å². The summed E-state index contributed by atoms with van der Waals surface area (Å²) in [4.78, 5) is 6.74. The van der Waals surface area contributed by atoms with E-state index < -0.39 is 0 Å². The van der Waals surface area contributed by atoms with Crippen LogP contribution < -0.4 is 15.4 Å². The van der Waals surface area contributed by atoms with Gasteiger partial charge in [0, 0.05) is 33.2 Å². The molecule has 1 aliphatic rings. The second-order valence-electron chi connectivity index (χ2n) is 6.77. The highest BCUT2D eigenvalue weighted by Crippen LogP contribution is 2.23. The van der Waals surface area contributed by atoms with E-state index in [4.69, 9.17) is 13.9 Å². The van der Waals surface area contributed by atoms with Gasteiger partial charge in [-0.05, 0) is 36.8 Å². The highest BCUT2D eigenvalue weighted by molar-refractivity contribution is 5.79. The molecule has 0 amide bonds. The first kappa shape index (κ1) is 20.2. The third-order valence-corrected chi connectivity index (χ3v) is 4.88. The molecule has 1 unspecified atom stereocenters. The van der Waals surface area contributed by atoms with Crippen LogP contribution in [0.3, 0.4) is 0 Å². The Labute approximate surface area is 166 Å². The van der Waals surface area contributed by atoms with Crippen LogP contribution in [0.5, 0.6) is 5.75 Å². The summed E-state index contributed by atoms with van der Waals surface area (Å²) < 4.78 is 16.6. The van der Waals surface area contributed by atoms with Gasteiger partial charge in [-0.2, -0.15) is 0 Å². The Bertz CT molecular complexity index is 751. The molecule has 2 aromatic rings. The number of benzene rings is 1. The van der Waals surface area contributed by atoms with Gasteiger partial charge in [0.05, 0.1) is 26.4 Å². The molecule has 7 nitrogen and oxygen atoms in total. The van der Waals surface area contributed by atoms with Crippen molar-refractivity contribution in [2.75, 3.05) is 47.0 Å². The summed E-state index contributed by atoms with van der Waals surface area (Å²) in [6.45, 7) is 6.65. The maximum Gasteiger partial charge on any atom is 0.191 e. The van der Waals surface area contributed by atoms with E-state index in [0.29, 0.717) is 13.1 Å². The molecule has 1 aromatic carbocycles. The van der Waals surface area contributed by atoms with Gasteiger partial charge in [0.25, 0.3) is 0 Å². The molecule has 1 aromatic heterocycles. The van der Waals surface area contributed by atoms with Crippen molar-refractivity contribution in [2.45, 2.75) is 19.5 Å². The molecule has 1 fully saturated rings. The van der Waals surface area contributed by atoms with Crippen LogP contribution in [0.1, 0.15) is 23.1 Å². The number of aryl methyl sites for hydroxylation is 1. The van der Waals surface area contributed by atoms with Gasteiger partial charge in [0.15, 0.2) is 5.96 Å². The fourth-order valence-corrected chi connectivity index (χ4v) is 3.27. The van der Waals surface area contributed by atoms with Gasteiger partial charge in [-0.15, -0.1) is 0 Å². The number of aliphatic imine (C=N–C) groups is 1. The first-order chi connectivity index (χ1) is 13.7. The molecule has 0 spiro atoms. The van der Waals surface area contributed by atoms with Gasteiger partial charge in [0.1, 0.15) is 17.3 Å². The third-order valence-electron chi connectivity index (χ3n) is 4.88. The van der Waals surface area contributed by atoms with Gasteiger partial charge in [-0.1, -0.05) is 12.1 Å². The Kier molecular flexibility index (Phi) is 7.33. The minimum absolute atomic E-state index is 0.136. The van der Waals surface area contributed by atoms with Crippen LogP contribution >= 0.6 is 0 Å². The van der Waals surface area contributed by atoms with Gasteiger partial charge in [-0.3, -0.25) is 9.89 Å². The second-order valence-corrected chi connectivity index (χ2v) is 6.77. The Morgan fingerprint density at radius 1 is 1.14 bits per heavy atom. The largest absolute Gasteiger partial charge is 0.497 e. The fraction of sp³-hybridized carbons (Fsp3) is 0.476. The summed E-state index contributed by atoms with van der Waals surface area (Å²) >= 11 is 0. The summed E-state index contributed by atoms with van der Waals surface area (Å²) in [7, 11) is 3.45. The van der Waals surface area contributed by atoms with Crippen LogP contribution in [0, 0.1) is 6.92 Å². The quantitative estimate of drug-likeness (QED) is 0.562. The zero-order chi connectivity index (χ0) is 19.8. The average Bonchev–Trinajstić information content (AvgIpc) is 3.17. The molecule has 1 aliphatic heterocycles. The highest BCUT2D eigenvalue weighted by atomic mass is 16.5. The zero-order valence-electron chi connectivity index (χ0n) is 16.9. The van der Waals surface area contributed by atoms with Crippen molar-refractivity contribution in [3.63, 3.8) is 0 Å². The number of rotatable bonds is 7. The number of guanidine groups is 1. The third kappa shape index (κ3) is 5.50. The number of hydrogen-bond acceptors (Lipinski definition) is 5. The van der Waals surface area contributed by atoms with E-state index in [1.54, 1.807) is 14.2 Å². The monoisotopic (exact) mass is 386 g/mol. The van der Waals surface area contributed by atoms with E-state index in [9.17, 15) is 0 Å². The van der Waals surface area contributed by atoms with Crippen molar-refractivity contribution < 1.29 is 13.9 Å². The standard InChI is InChI=1S/C21H30N4O3/c1-16-4-9-20(28-16)19(25-10-12-27-13-11-25)15-24-21(22-2)23-14-17-5-7-18(26-3)8-6-17/h4-9,19H,10-15H2,1-3H3,(H2,22,23,24). The van der Waals surface area contributed by atoms with E-state index in [1.165, 1.54) is 0 Å². The van der Waals surface area contributed by atoms with Gasteiger partial charge in [0.2, 0.25) is 0 Å². The molecular weight excluding hydrogens is 356 g/mol. The van der Waals surface area contributed by atoms with Crippen molar-refractivity contribution >= 4 is 5.96 Å². The minimum Gasteiger partial charge on any atom is -0.497 e. The Morgan fingerprint density at radius 3 is 2.50 bits per heavy atom. The molecule has 2 heterocycles. The maximum atomic E-state index is 5.92. The molecule has 1 atom stereocenters. The lowest BCUT2D eigenvalue weighted by Crippen LogP contribution is -2.46. The molecule has 152 valence electrons. The summed E-state index contributed by atoms with van der Waals surface area (Å²) in [5.74, 6) is 3.51. The lowest BCUT2D eigenvalue weighted by molar-refractivity contribution is 0.0124. The predicted molar refractivity (Wildman–Crippen MR) is 110 cm³/mol. The van der Waals surface area contributed by atoms with Gasteiger partial charge >= 0.3 is 0 Å². The van der Waals surface area contributed by atoms with Crippen LogP contribution in [-0.4, -0.2) is 57.9 Å². The highest BCUT2D eigenvalue weighted by Gasteiger charge is 2.25. The molecule has 0 aliphatic carbocycles. The van der Waals surface area contributed by atoms with E-state index in [0.717, 1.165) is 55.1 Å². The van der Waals surface area contributed by atoms with E-state index in [1.807, 2.05) is 37.3 Å². The molecule has 1 saturated heterocycles. The number of morpholine rings is 1. The molecule has 2 N–H and O–H groups in total. The van der Waals surface area contributed by atoms with Crippen molar-refractivity contribution in [1.82, 2.24) is 15.5 Å². The second kappa shape index (κ2) is 10.1. The van der Waals surface area contributed by atoms with Crippen molar-refractivity contribution in [1.29, 1.82) is 0 Å². The normalized spacial score (nSPS) is 16.6. The lowest BCUT2D eigenvalue weighted by Gasteiger charge is -2.33. The number of ether oxygens (including phenoxy) is 2. The lowest BCUT2D eigenvalue weighted by atomic mass is 10.1. The van der Waals surface area contributed by atoms with Crippen LogP contribution in [0.4, 0.5) is 0 Å². The van der Waals surface area contributed by atoms with Crippen LogP contribution in [0.15, 0.2) is 45.8 Å². The SMILES string of the molecule is CN=C(NCc1ccc(OC)cc1)NCC(c1ccc(C)o1)N1CCOCC1. The van der Waals surface area contributed by atoms with Crippen LogP contribution in [0.25, 0.3) is 0 Å². The average molecular weight is 386 g/mol. The number of furan rings is 1. The van der Waals surface area contributed by atoms with Crippen molar-refractivity contribution in [3.8, 4) is 5.75 Å². The Hall–Kier alpha value is -2.51. The molecule has 0 bridgehead atoms.